The van der Waals surface area contributed by atoms with Crippen molar-refractivity contribution >= 4 is 16.7 Å². The Morgan fingerprint density at radius 1 is 1.15 bits per heavy atom. The number of hydrogen-bond acceptors (Lipinski definition) is 6. The van der Waals surface area contributed by atoms with Crippen LogP contribution in [-0.4, -0.2) is 46.2 Å². The zero-order chi connectivity index (χ0) is 24.1. The minimum atomic E-state index is -2.48. The Balaban J connectivity index is 1.50. The normalized spacial score (nSPS) is 21.0. The van der Waals surface area contributed by atoms with Gasteiger partial charge >= 0.3 is 0 Å². The molecule has 2 aliphatic rings. The SMILES string of the molecule is C[C@@H]1CN2c3c(c(=O)n(C)c4ccc(C#N)nc34)OC[C@@H]2CN1[C@H](C)c1ccc(C(F)F)cc1. The average Bonchev–Trinajstić information content (AvgIpc) is 2.85. The molecule has 3 aromatic rings. The molecule has 2 aliphatic heterocycles. The number of aromatic nitrogens is 2. The van der Waals surface area contributed by atoms with Crippen molar-refractivity contribution in [2.24, 2.45) is 7.05 Å². The van der Waals surface area contributed by atoms with Gasteiger partial charge in [-0.05, 0) is 31.5 Å². The molecule has 5 rings (SSSR count). The number of pyridine rings is 2. The van der Waals surface area contributed by atoms with Gasteiger partial charge in [0.2, 0.25) is 5.75 Å². The zero-order valence-electron chi connectivity index (χ0n) is 19.2. The van der Waals surface area contributed by atoms with E-state index in [1.807, 2.05) is 0 Å². The lowest BCUT2D eigenvalue weighted by molar-refractivity contribution is 0.0916. The Labute approximate surface area is 195 Å². The van der Waals surface area contributed by atoms with Gasteiger partial charge in [-0.2, -0.15) is 5.26 Å². The van der Waals surface area contributed by atoms with E-state index in [4.69, 9.17) is 4.74 Å². The van der Waals surface area contributed by atoms with E-state index in [1.165, 1.54) is 16.7 Å². The van der Waals surface area contributed by atoms with E-state index in [1.54, 1.807) is 31.3 Å². The Bertz CT molecular complexity index is 1350. The average molecular weight is 466 g/mol. The topological polar surface area (TPSA) is 74.4 Å². The lowest BCUT2D eigenvalue weighted by Crippen LogP contribution is -2.61. The number of anilines is 1. The molecule has 4 heterocycles. The van der Waals surface area contributed by atoms with E-state index < -0.39 is 6.43 Å². The van der Waals surface area contributed by atoms with Crippen molar-refractivity contribution in [2.45, 2.75) is 38.4 Å². The molecule has 0 N–H and O–H groups in total. The molecule has 7 nitrogen and oxygen atoms in total. The van der Waals surface area contributed by atoms with E-state index in [0.29, 0.717) is 36.4 Å². The predicted molar refractivity (Wildman–Crippen MR) is 124 cm³/mol. The maximum Gasteiger partial charge on any atom is 0.295 e. The molecule has 0 amide bonds. The maximum absolute atomic E-state index is 13.0. The highest BCUT2D eigenvalue weighted by Crippen LogP contribution is 2.40. The van der Waals surface area contributed by atoms with Crippen LogP contribution in [0, 0.1) is 11.3 Å². The van der Waals surface area contributed by atoms with Gasteiger partial charge in [-0.3, -0.25) is 9.69 Å². The summed E-state index contributed by atoms with van der Waals surface area (Å²) in [5.41, 5.74) is 2.92. The minimum Gasteiger partial charge on any atom is -0.484 e. The Morgan fingerprint density at radius 3 is 2.53 bits per heavy atom. The van der Waals surface area contributed by atoms with Gasteiger partial charge in [0.1, 0.15) is 29.6 Å². The van der Waals surface area contributed by atoms with Crippen LogP contribution in [0.25, 0.3) is 11.0 Å². The van der Waals surface area contributed by atoms with Crippen molar-refractivity contribution in [1.82, 2.24) is 14.5 Å². The quantitative estimate of drug-likeness (QED) is 0.586. The Hall–Kier alpha value is -3.51. The summed E-state index contributed by atoms with van der Waals surface area (Å²) in [5, 5.41) is 9.38. The second-order valence-corrected chi connectivity index (χ2v) is 9.02. The van der Waals surface area contributed by atoms with Gasteiger partial charge in [0.25, 0.3) is 12.0 Å². The van der Waals surface area contributed by atoms with Crippen LogP contribution in [0.2, 0.25) is 0 Å². The highest BCUT2D eigenvalue weighted by atomic mass is 19.3. The summed E-state index contributed by atoms with van der Waals surface area (Å²) in [4.78, 5) is 22.1. The molecule has 2 aromatic heterocycles. The van der Waals surface area contributed by atoms with Crippen LogP contribution in [-0.2, 0) is 7.05 Å². The van der Waals surface area contributed by atoms with Crippen molar-refractivity contribution in [1.29, 1.82) is 5.26 Å². The summed E-state index contributed by atoms with van der Waals surface area (Å²) in [6.07, 6.45) is -2.48. The molecule has 0 saturated carbocycles. The van der Waals surface area contributed by atoms with E-state index in [-0.39, 0.29) is 40.7 Å². The van der Waals surface area contributed by atoms with Crippen LogP contribution in [0.5, 0.6) is 5.75 Å². The van der Waals surface area contributed by atoms with Crippen LogP contribution < -0.4 is 15.2 Å². The highest BCUT2D eigenvalue weighted by Gasteiger charge is 2.40. The lowest BCUT2D eigenvalue weighted by atomic mass is 9.98. The number of nitrogens with zero attached hydrogens (tertiary/aromatic N) is 5. The summed E-state index contributed by atoms with van der Waals surface area (Å²) in [5.74, 6) is 0.269. The molecule has 0 radical (unpaired) electrons. The van der Waals surface area contributed by atoms with Crippen LogP contribution in [0.1, 0.15) is 43.1 Å². The third-order valence-corrected chi connectivity index (χ3v) is 7.05. The van der Waals surface area contributed by atoms with Gasteiger partial charge in [-0.25, -0.2) is 13.8 Å². The van der Waals surface area contributed by atoms with Gasteiger partial charge in [0, 0.05) is 37.8 Å². The molecule has 0 aliphatic carbocycles. The van der Waals surface area contributed by atoms with E-state index in [0.717, 1.165) is 5.56 Å². The number of halogens is 2. The third-order valence-electron chi connectivity index (χ3n) is 7.05. The van der Waals surface area contributed by atoms with Crippen LogP contribution in [0.3, 0.4) is 0 Å². The standard InChI is InChI=1S/C25H25F2N5O2/c1-14-11-32-19(12-31(14)15(2)16-4-6-17(7-5-16)24(26)27)13-34-23-22(32)21-20(30(3)25(23)33)9-8-18(10-28)29-21/h4-9,14-15,19,24H,11-13H2,1-3H3/t14-,15-,19+/m1/s1. The number of hydrogen-bond donors (Lipinski definition) is 0. The molecule has 34 heavy (non-hydrogen) atoms. The monoisotopic (exact) mass is 465 g/mol. The second-order valence-electron chi connectivity index (χ2n) is 9.02. The molecule has 0 spiro atoms. The van der Waals surface area contributed by atoms with Crippen molar-refractivity contribution in [3.63, 3.8) is 0 Å². The van der Waals surface area contributed by atoms with Crippen molar-refractivity contribution in [3.8, 4) is 11.8 Å². The van der Waals surface area contributed by atoms with Gasteiger partial charge < -0.3 is 14.2 Å². The molecule has 176 valence electrons. The Kier molecular flexibility index (Phi) is 5.48. The molecule has 1 saturated heterocycles. The first-order chi connectivity index (χ1) is 16.3. The summed E-state index contributed by atoms with van der Waals surface area (Å²) >= 11 is 0. The van der Waals surface area contributed by atoms with Gasteiger partial charge in [-0.1, -0.05) is 24.3 Å². The largest absolute Gasteiger partial charge is 0.484 e. The molecule has 0 unspecified atom stereocenters. The number of benzene rings is 1. The van der Waals surface area contributed by atoms with Crippen molar-refractivity contribution in [3.05, 3.63) is 63.6 Å². The number of nitriles is 1. The van der Waals surface area contributed by atoms with Crippen molar-refractivity contribution < 1.29 is 13.5 Å². The first kappa shape index (κ1) is 22.3. The number of piperazine rings is 1. The lowest BCUT2D eigenvalue weighted by Gasteiger charge is -2.50. The summed E-state index contributed by atoms with van der Waals surface area (Å²) in [7, 11) is 1.68. The Morgan fingerprint density at radius 2 is 1.85 bits per heavy atom. The van der Waals surface area contributed by atoms with Gasteiger partial charge in [0.15, 0.2) is 0 Å². The van der Waals surface area contributed by atoms with Crippen LogP contribution in [0.15, 0.2) is 41.2 Å². The number of fused-ring (bicyclic) bond motifs is 5. The smallest absolute Gasteiger partial charge is 0.295 e. The van der Waals surface area contributed by atoms with E-state index in [2.05, 4.69) is 34.7 Å². The number of aryl methyl sites for hydroxylation is 1. The van der Waals surface area contributed by atoms with Gasteiger partial charge in [0.05, 0.1) is 11.6 Å². The number of alkyl halides is 2. The predicted octanol–water partition coefficient (Wildman–Crippen LogP) is 3.78. The molecular formula is C25H25F2N5O2. The molecule has 1 fully saturated rings. The zero-order valence-corrected chi connectivity index (χ0v) is 19.2. The molecule has 3 atom stereocenters. The van der Waals surface area contributed by atoms with Crippen LogP contribution in [0.4, 0.5) is 14.5 Å². The minimum absolute atomic E-state index is 0.0174. The summed E-state index contributed by atoms with van der Waals surface area (Å²) in [6, 6.07) is 12.1. The fourth-order valence-electron chi connectivity index (χ4n) is 5.13. The number of rotatable bonds is 3. The summed E-state index contributed by atoms with van der Waals surface area (Å²) in [6.45, 7) is 5.86. The molecule has 1 aromatic carbocycles. The fourth-order valence-corrected chi connectivity index (χ4v) is 5.13. The van der Waals surface area contributed by atoms with Crippen LogP contribution >= 0.6 is 0 Å². The van der Waals surface area contributed by atoms with E-state index >= 15 is 0 Å². The summed E-state index contributed by atoms with van der Waals surface area (Å²) < 4.78 is 33.4. The molecular weight excluding hydrogens is 440 g/mol. The molecule has 9 heteroatoms. The fraction of sp³-hybridized carbons (Fsp3) is 0.400. The third kappa shape index (κ3) is 3.49. The van der Waals surface area contributed by atoms with Gasteiger partial charge in [-0.15, -0.1) is 0 Å². The van der Waals surface area contributed by atoms with E-state index in [9.17, 15) is 18.8 Å². The maximum atomic E-state index is 13.0. The van der Waals surface area contributed by atoms with Crippen molar-refractivity contribution in [2.75, 3.05) is 24.6 Å². The second kappa shape index (κ2) is 8.37. The first-order valence-corrected chi connectivity index (χ1v) is 11.3. The first-order valence-electron chi connectivity index (χ1n) is 11.3. The molecule has 0 bridgehead atoms. The number of ether oxygens (including phenoxy) is 1. The highest BCUT2D eigenvalue weighted by molar-refractivity contribution is 5.93.